The number of sulfonamides is 1. The highest BCUT2D eigenvalue weighted by Gasteiger charge is 2.24. The van der Waals surface area contributed by atoms with Gasteiger partial charge in [0.25, 0.3) is 15.9 Å². The summed E-state index contributed by atoms with van der Waals surface area (Å²) >= 11 is 2.77. The highest BCUT2D eigenvalue weighted by Crippen LogP contribution is 2.28. The van der Waals surface area contributed by atoms with Gasteiger partial charge < -0.3 is 19.8 Å². The van der Waals surface area contributed by atoms with E-state index in [9.17, 15) is 13.2 Å². The largest absolute Gasteiger partial charge is 0.355 e. The molecule has 1 atom stereocenters. The summed E-state index contributed by atoms with van der Waals surface area (Å²) < 4.78 is 39.1. The predicted octanol–water partition coefficient (Wildman–Crippen LogP) is 4.68. The van der Waals surface area contributed by atoms with Gasteiger partial charge in [0.2, 0.25) is 0 Å². The van der Waals surface area contributed by atoms with Crippen LogP contribution in [0.25, 0.3) is 10.9 Å². The first-order valence-corrected chi connectivity index (χ1v) is 14.5. The van der Waals surface area contributed by atoms with Crippen LogP contribution in [0.15, 0.2) is 76.3 Å². The summed E-state index contributed by atoms with van der Waals surface area (Å²) in [5.74, 6) is 0.430. The molecule has 0 saturated carbocycles. The van der Waals surface area contributed by atoms with Gasteiger partial charge in [0.05, 0.1) is 16.5 Å². The number of benzene rings is 2. The maximum absolute atomic E-state index is 13.0. The topological polar surface area (TPSA) is 110 Å². The highest BCUT2D eigenvalue weighted by molar-refractivity contribution is 7.99. The molecule has 0 saturated heterocycles. The Bertz CT molecular complexity index is 1390. The Balaban J connectivity index is 1.47. The number of fused-ring (bicyclic) bond motifs is 1. The molecular weight excluding hydrogens is 518 g/mol. The first-order chi connectivity index (χ1) is 17.4. The van der Waals surface area contributed by atoms with E-state index in [0.29, 0.717) is 28.8 Å². The number of para-hydroxylation sites is 1. The van der Waals surface area contributed by atoms with E-state index in [0.717, 1.165) is 22.7 Å². The molecule has 3 N–H and O–H groups in total. The number of thiophene rings is 1. The molecule has 4 aromatic rings. The summed E-state index contributed by atoms with van der Waals surface area (Å²) in [6, 6.07) is 20.2. The van der Waals surface area contributed by atoms with E-state index < -0.39 is 16.3 Å². The lowest BCUT2D eigenvalue weighted by atomic mass is 10.2. The molecule has 36 heavy (non-hydrogen) atoms. The zero-order valence-corrected chi connectivity index (χ0v) is 22.2. The van der Waals surface area contributed by atoms with E-state index in [4.69, 9.17) is 9.47 Å². The SMILES string of the molecule is COC(OC)C(CNC(=O)c1cc2cccc(NS(=O)(=O)c3cccs3)c2[nH]1)SCc1ccccc1. The quantitative estimate of drug-likeness (QED) is 0.223. The second-order valence-electron chi connectivity index (χ2n) is 7.88. The van der Waals surface area contributed by atoms with Crippen molar-refractivity contribution < 1.29 is 22.7 Å². The van der Waals surface area contributed by atoms with Gasteiger partial charge in [-0.2, -0.15) is 0 Å². The van der Waals surface area contributed by atoms with Crippen LogP contribution in [-0.4, -0.2) is 51.6 Å². The molecule has 1 amide bonds. The van der Waals surface area contributed by atoms with Gasteiger partial charge in [-0.3, -0.25) is 9.52 Å². The molecule has 8 nitrogen and oxygen atoms in total. The number of carbonyl (C=O) groups is 1. The molecule has 2 aromatic carbocycles. The maximum Gasteiger partial charge on any atom is 0.271 e. The molecule has 0 fully saturated rings. The lowest BCUT2D eigenvalue weighted by Crippen LogP contribution is -2.39. The van der Waals surface area contributed by atoms with E-state index in [1.807, 2.05) is 36.4 Å². The van der Waals surface area contributed by atoms with Crippen LogP contribution in [0.1, 0.15) is 16.1 Å². The van der Waals surface area contributed by atoms with E-state index in [1.54, 1.807) is 61.7 Å². The zero-order chi connectivity index (χ0) is 25.5. The van der Waals surface area contributed by atoms with Crippen LogP contribution in [0.5, 0.6) is 0 Å². The fourth-order valence-corrected chi connectivity index (χ4v) is 6.92. The minimum atomic E-state index is -3.72. The molecule has 0 spiro atoms. The summed E-state index contributed by atoms with van der Waals surface area (Å²) in [5, 5.41) is 5.22. The van der Waals surface area contributed by atoms with Crippen LogP contribution in [0, 0.1) is 0 Å². The van der Waals surface area contributed by atoms with E-state index in [1.165, 1.54) is 0 Å². The van der Waals surface area contributed by atoms with Gasteiger partial charge in [-0.25, -0.2) is 8.42 Å². The van der Waals surface area contributed by atoms with Crippen molar-refractivity contribution in [3.63, 3.8) is 0 Å². The van der Waals surface area contributed by atoms with Gasteiger partial charge >= 0.3 is 0 Å². The second kappa shape index (κ2) is 11.9. The molecule has 0 bridgehead atoms. The number of hydrogen-bond donors (Lipinski definition) is 3. The number of methoxy groups -OCH3 is 2. The smallest absolute Gasteiger partial charge is 0.271 e. The average Bonchev–Trinajstić information content (AvgIpc) is 3.58. The summed E-state index contributed by atoms with van der Waals surface area (Å²) in [5.41, 5.74) is 2.39. The van der Waals surface area contributed by atoms with Crippen molar-refractivity contribution in [3.05, 3.63) is 83.4 Å². The Morgan fingerprint density at radius 3 is 2.53 bits per heavy atom. The number of ether oxygens (including phenoxy) is 2. The number of hydrogen-bond acceptors (Lipinski definition) is 7. The maximum atomic E-state index is 13.0. The molecule has 0 aliphatic carbocycles. The number of thioether (sulfide) groups is 1. The Morgan fingerprint density at radius 1 is 1.06 bits per heavy atom. The summed E-state index contributed by atoms with van der Waals surface area (Å²) in [6.45, 7) is 0.315. The van der Waals surface area contributed by atoms with E-state index in [-0.39, 0.29) is 15.4 Å². The van der Waals surface area contributed by atoms with Crippen molar-refractivity contribution in [1.29, 1.82) is 0 Å². The van der Waals surface area contributed by atoms with Gasteiger partial charge in [0, 0.05) is 31.9 Å². The lowest BCUT2D eigenvalue weighted by Gasteiger charge is -2.24. The minimum absolute atomic E-state index is 0.151. The molecule has 2 heterocycles. The lowest BCUT2D eigenvalue weighted by molar-refractivity contribution is -0.101. The number of H-pyrrole nitrogens is 1. The Morgan fingerprint density at radius 2 is 1.83 bits per heavy atom. The number of nitrogens with one attached hydrogen (secondary N) is 3. The average molecular weight is 546 g/mol. The molecule has 190 valence electrons. The van der Waals surface area contributed by atoms with Crippen molar-refractivity contribution in [2.75, 3.05) is 25.5 Å². The Labute approximate surface area is 218 Å². The van der Waals surface area contributed by atoms with Crippen molar-refractivity contribution in [2.24, 2.45) is 0 Å². The van der Waals surface area contributed by atoms with E-state index >= 15 is 0 Å². The molecule has 11 heteroatoms. The fourth-order valence-electron chi connectivity index (χ4n) is 3.67. The van der Waals surface area contributed by atoms with Crippen molar-refractivity contribution in [3.8, 4) is 0 Å². The Kier molecular flexibility index (Phi) is 8.70. The summed E-state index contributed by atoms with van der Waals surface area (Å²) in [6.07, 6.45) is -0.500. The molecule has 1 unspecified atom stereocenters. The van der Waals surface area contributed by atoms with Crippen molar-refractivity contribution in [2.45, 2.75) is 21.5 Å². The van der Waals surface area contributed by atoms with Crippen molar-refractivity contribution in [1.82, 2.24) is 10.3 Å². The van der Waals surface area contributed by atoms with Gasteiger partial charge in [-0.15, -0.1) is 23.1 Å². The van der Waals surface area contributed by atoms with Crippen LogP contribution < -0.4 is 10.0 Å². The number of rotatable bonds is 12. The highest BCUT2D eigenvalue weighted by atomic mass is 32.2. The first-order valence-electron chi connectivity index (χ1n) is 11.1. The number of aromatic nitrogens is 1. The summed E-state index contributed by atoms with van der Waals surface area (Å²) in [7, 11) is -0.577. The van der Waals surface area contributed by atoms with Gasteiger partial charge in [-0.1, -0.05) is 48.5 Å². The zero-order valence-electron chi connectivity index (χ0n) is 19.8. The number of carbonyl (C=O) groups excluding carboxylic acids is 1. The fraction of sp³-hybridized carbons (Fsp3) is 0.240. The molecular formula is C25H27N3O5S3. The van der Waals surface area contributed by atoms with Crippen LogP contribution >= 0.6 is 23.1 Å². The Hall–Kier alpha value is -2.83. The van der Waals surface area contributed by atoms with Crippen LogP contribution in [0.3, 0.4) is 0 Å². The molecule has 0 aliphatic heterocycles. The van der Waals surface area contributed by atoms with Crippen molar-refractivity contribution >= 4 is 55.6 Å². The molecule has 4 rings (SSSR count). The third-order valence-corrected chi connectivity index (χ3v) is 9.52. The van der Waals surface area contributed by atoms with Gasteiger partial charge in [-0.05, 0) is 29.1 Å². The number of amides is 1. The predicted molar refractivity (Wildman–Crippen MR) is 145 cm³/mol. The third-order valence-electron chi connectivity index (χ3n) is 5.44. The second-order valence-corrected chi connectivity index (χ2v) is 12.0. The number of aromatic amines is 1. The third kappa shape index (κ3) is 6.29. The molecule has 0 radical (unpaired) electrons. The van der Waals surface area contributed by atoms with Gasteiger partial charge in [0.15, 0.2) is 6.29 Å². The standard InChI is InChI=1S/C25H27N3O5S3/c1-32-25(33-2)21(35-16-17-8-4-3-5-9-17)15-26-24(29)20-14-18-10-6-11-19(23(18)27-20)28-36(30,31)22-12-7-13-34-22/h3-14,21,25,27-28H,15-16H2,1-2H3,(H,26,29). The normalized spacial score (nSPS) is 12.6. The first kappa shape index (κ1) is 26.2. The monoisotopic (exact) mass is 545 g/mol. The van der Waals surface area contributed by atoms with E-state index in [2.05, 4.69) is 15.0 Å². The van der Waals surface area contributed by atoms with Gasteiger partial charge in [0.1, 0.15) is 9.90 Å². The molecule has 0 aliphatic rings. The number of anilines is 1. The van der Waals surface area contributed by atoms with Crippen LogP contribution in [0.2, 0.25) is 0 Å². The summed E-state index contributed by atoms with van der Waals surface area (Å²) in [4.78, 5) is 16.1. The molecule has 2 aromatic heterocycles. The minimum Gasteiger partial charge on any atom is -0.355 e. The van der Waals surface area contributed by atoms with Crippen LogP contribution in [0.4, 0.5) is 5.69 Å². The van der Waals surface area contributed by atoms with Crippen LogP contribution in [-0.2, 0) is 25.2 Å².